The van der Waals surface area contributed by atoms with E-state index in [2.05, 4.69) is 27.1 Å². The van der Waals surface area contributed by atoms with Crippen LogP contribution in [-0.2, 0) is 0 Å². The summed E-state index contributed by atoms with van der Waals surface area (Å²) in [5.41, 5.74) is 0. The fourth-order valence-corrected chi connectivity index (χ4v) is 1.92. The number of nitrogens with zero attached hydrogens (tertiary/aromatic N) is 4. The molecule has 0 spiro atoms. The molecular formula is C11H19N5. The van der Waals surface area contributed by atoms with Gasteiger partial charge in [-0.15, -0.1) is 0 Å². The first-order chi connectivity index (χ1) is 7.68. The van der Waals surface area contributed by atoms with Crippen molar-refractivity contribution in [2.45, 2.75) is 13.0 Å². The zero-order chi connectivity index (χ0) is 11.5. The van der Waals surface area contributed by atoms with E-state index in [1.54, 1.807) is 6.33 Å². The van der Waals surface area contributed by atoms with Crippen LogP contribution in [0.3, 0.4) is 0 Å². The van der Waals surface area contributed by atoms with Crippen molar-refractivity contribution in [3.05, 3.63) is 12.4 Å². The van der Waals surface area contributed by atoms with Crippen LogP contribution in [0.2, 0.25) is 0 Å². The molecule has 0 unspecified atom stereocenters. The highest BCUT2D eigenvalue weighted by molar-refractivity contribution is 5.50. The Labute approximate surface area is 96.5 Å². The van der Waals surface area contributed by atoms with Crippen molar-refractivity contribution in [1.29, 1.82) is 0 Å². The number of aromatic nitrogens is 2. The molecule has 0 aromatic carbocycles. The molecular weight excluding hydrogens is 202 g/mol. The lowest BCUT2D eigenvalue weighted by Gasteiger charge is -2.35. The highest BCUT2D eigenvalue weighted by Crippen LogP contribution is 2.18. The van der Waals surface area contributed by atoms with E-state index in [0.29, 0.717) is 6.04 Å². The second-order valence-corrected chi connectivity index (χ2v) is 4.38. The molecule has 0 bridgehead atoms. The monoisotopic (exact) mass is 221 g/mol. The summed E-state index contributed by atoms with van der Waals surface area (Å²) < 4.78 is 0. The zero-order valence-electron chi connectivity index (χ0n) is 10.1. The van der Waals surface area contributed by atoms with Gasteiger partial charge in [-0.1, -0.05) is 0 Å². The van der Waals surface area contributed by atoms with Crippen molar-refractivity contribution in [1.82, 2.24) is 15.3 Å². The molecule has 0 amide bonds. The van der Waals surface area contributed by atoms with Gasteiger partial charge in [0, 0.05) is 45.8 Å². The van der Waals surface area contributed by atoms with E-state index >= 15 is 0 Å². The summed E-state index contributed by atoms with van der Waals surface area (Å²) in [6.45, 7) is 5.25. The van der Waals surface area contributed by atoms with Crippen LogP contribution in [0.4, 0.5) is 11.6 Å². The Bertz CT molecular complexity index is 352. The van der Waals surface area contributed by atoms with Crippen LogP contribution in [0.5, 0.6) is 0 Å². The van der Waals surface area contributed by atoms with E-state index in [9.17, 15) is 0 Å². The zero-order valence-corrected chi connectivity index (χ0v) is 10.1. The van der Waals surface area contributed by atoms with Gasteiger partial charge in [-0.05, 0) is 6.92 Å². The third kappa shape index (κ3) is 2.24. The van der Waals surface area contributed by atoms with E-state index in [4.69, 9.17) is 0 Å². The average Bonchev–Trinajstić information content (AvgIpc) is 2.30. The quantitative estimate of drug-likeness (QED) is 0.780. The topological polar surface area (TPSA) is 44.3 Å². The van der Waals surface area contributed by atoms with E-state index in [1.165, 1.54) is 0 Å². The van der Waals surface area contributed by atoms with E-state index in [0.717, 1.165) is 31.3 Å². The molecule has 1 aromatic rings. The second-order valence-electron chi connectivity index (χ2n) is 4.38. The van der Waals surface area contributed by atoms with Crippen molar-refractivity contribution in [2.24, 2.45) is 0 Å². The summed E-state index contributed by atoms with van der Waals surface area (Å²) in [7, 11) is 3.99. The van der Waals surface area contributed by atoms with E-state index in [-0.39, 0.29) is 0 Å². The van der Waals surface area contributed by atoms with Gasteiger partial charge in [-0.3, -0.25) is 0 Å². The highest BCUT2D eigenvalue weighted by atomic mass is 15.3. The molecule has 5 heteroatoms. The van der Waals surface area contributed by atoms with Gasteiger partial charge in [0.1, 0.15) is 18.0 Å². The maximum atomic E-state index is 4.36. The first-order valence-electron chi connectivity index (χ1n) is 5.65. The number of piperazine rings is 1. The first kappa shape index (κ1) is 11.1. The number of anilines is 2. The molecule has 2 rings (SSSR count). The summed E-state index contributed by atoms with van der Waals surface area (Å²) in [5.74, 6) is 1.98. The number of nitrogens with one attached hydrogen (secondary N) is 1. The predicted molar refractivity (Wildman–Crippen MR) is 66.0 cm³/mol. The molecule has 0 radical (unpaired) electrons. The van der Waals surface area contributed by atoms with Crippen LogP contribution in [0.15, 0.2) is 12.4 Å². The minimum Gasteiger partial charge on any atom is -0.363 e. The fraction of sp³-hybridized carbons (Fsp3) is 0.636. The molecule has 1 atom stereocenters. The van der Waals surface area contributed by atoms with Gasteiger partial charge in [0.2, 0.25) is 0 Å². The van der Waals surface area contributed by atoms with Crippen LogP contribution < -0.4 is 15.1 Å². The Morgan fingerprint density at radius 3 is 2.94 bits per heavy atom. The van der Waals surface area contributed by atoms with Gasteiger partial charge in [-0.2, -0.15) is 0 Å². The minimum absolute atomic E-state index is 0.485. The van der Waals surface area contributed by atoms with Crippen LogP contribution in [-0.4, -0.2) is 49.7 Å². The molecule has 1 aromatic heterocycles. The average molecular weight is 221 g/mol. The molecule has 1 aliphatic heterocycles. The predicted octanol–water partition coefficient (Wildman–Crippen LogP) is 0.341. The summed E-state index contributed by atoms with van der Waals surface area (Å²) in [6, 6.07) is 2.53. The fourth-order valence-electron chi connectivity index (χ4n) is 1.92. The Morgan fingerprint density at radius 2 is 2.25 bits per heavy atom. The Balaban J connectivity index is 2.21. The molecule has 88 valence electrons. The molecule has 2 heterocycles. The normalized spacial score (nSPS) is 20.9. The second kappa shape index (κ2) is 4.65. The van der Waals surface area contributed by atoms with Gasteiger partial charge in [0.05, 0.1) is 0 Å². The third-order valence-electron chi connectivity index (χ3n) is 2.89. The summed E-state index contributed by atoms with van der Waals surface area (Å²) in [4.78, 5) is 12.9. The maximum absolute atomic E-state index is 4.36. The maximum Gasteiger partial charge on any atom is 0.134 e. The van der Waals surface area contributed by atoms with Gasteiger partial charge < -0.3 is 15.1 Å². The molecule has 1 aliphatic rings. The lowest BCUT2D eigenvalue weighted by atomic mass is 10.2. The van der Waals surface area contributed by atoms with Gasteiger partial charge >= 0.3 is 0 Å². The minimum atomic E-state index is 0.485. The van der Waals surface area contributed by atoms with Gasteiger partial charge in [-0.25, -0.2) is 9.97 Å². The number of hydrogen-bond donors (Lipinski definition) is 1. The smallest absolute Gasteiger partial charge is 0.134 e. The highest BCUT2D eigenvalue weighted by Gasteiger charge is 2.19. The lowest BCUT2D eigenvalue weighted by molar-refractivity contribution is 0.497. The van der Waals surface area contributed by atoms with E-state index in [1.807, 2.05) is 25.1 Å². The van der Waals surface area contributed by atoms with Crippen LogP contribution in [0.25, 0.3) is 0 Å². The van der Waals surface area contributed by atoms with Crippen LogP contribution >= 0.6 is 0 Å². The molecule has 1 fully saturated rings. The Morgan fingerprint density at radius 1 is 1.44 bits per heavy atom. The van der Waals surface area contributed by atoms with Gasteiger partial charge in [0.15, 0.2) is 0 Å². The van der Waals surface area contributed by atoms with Crippen LogP contribution in [0, 0.1) is 0 Å². The largest absolute Gasteiger partial charge is 0.363 e. The Kier molecular flexibility index (Phi) is 3.24. The van der Waals surface area contributed by atoms with Crippen molar-refractivity contribution in [3.63, 3.8) is 0 Å². The standard InChI is InChI=1S/C11H19N5/c1-9-7-12-4-5-16(9)11-6-10(15(2)3)13-8-14-11/h6,8-9,12H,4-5,7H2,1-3H3/t9-/m0/s1. The molecule has 0 aliphatic carbocycles. The van der Waals surface area contributed by atoms with Gasteiger partial charge in [0.25, 0.3) is 0 Å². The summed E-state index contributed by atoms with van der Waals surface area (Å²) >= 11 is 0. The summed E-state index contributed by atoms with van der Waals surface area (Å²) in [5, 5.41) is 3.38. The SMILES string of the molecule is C[C@H]1CNCCN1c1cc(N(C)C)ncn1. The molecule has 1 N–H and O–H groups in total. The van der Waals surface area contributed by atoms with Crippen LogP contribution in [0.1, 0.15) is 6.92 Å². The summed E-state index contributed by atoms with van der Waals surface area (Å²) in [6.07, 6.45) is 1.64. The first-order valence-corrected chi connectivity index (χ1v) is 5.65. The van der Waals surface area contributed by atoms with Crippen molar-refractivity contribution < 1.29 is 0 Å². The Hall–Kier alpha value is -1.36. The van der Waals surface area contributed by atoms with Crippen molar-refractivity contribution in [2.75, 3.05) is 43.5 Å². The lowest BCUT2D eigenvalue weighted by Crippen LogP contribution is -2.50. The molecule has 16 heavy (non-hydrogen) atoms. The van der Waals surface area contributed by atoms with E-state index < -0.39 is 0 Å². The molecule has 1 saturated heterocycles. The van der Waals surface area contributed by atoms with Crippen molar-refractivity contribution in [3.8, 4) is 0 Å². The number of rotatable bonds is 2. The molecule has 0 saturated carbocycles. The van der Waals surface area contributed by atoms with Crippen molar-refractivity contribution >= 4 is 11.6 Å². The third-order valence-corrected chi connectivity index (χ3v) is 2.89. The number of hydrogen-bond acceptors (Lipinski definition) is 5. The molecule has 5 nitrogen and oxygen atoms in total.